The van der Waals surface area contributed by atoms with E-state index in [2.05, 4.69) is 18.9 Å². The van der Waals surface area contributed by atoms with Crippen molar-refractivity contribution in [2.75, 3.05) is 40.4 Å². The molecule has 0 aromatic carbocycles. The summed E-state index contributed by atoms with van der Waals surface area (Å²) in [6.07, 6.45) is 3.51. The third-order valence-electron chi connectivity index (χ3n) is 2.41. The molecule has 0 aromatic heterocycles. The molecule has 0 heterocycles. The maximum atomic E-state index is 5.48. The molecule has 0 saturated carbocycles. The van der Waals surface area contributed by atoms with Crippen molar-refractivity contribution >= 4 is 0 Å². The maximum Gasteiger partial charge on any atom is 0.0474 e. The van der Waals surface area contributed by atoms with Crippen LogP contribution in [0.1, 0.15) is 26.2 Å². The molecule has 0 aromatic rings. The predicted octanol–water partition coefficient (Wildman–Crippen LogP) is 1.33. The van der Waals surface area contributed by atoms with Crippen LogP contribution in [0.25, 0.3) is 0 Å². The Morgan fingerprint density at radius 3 is 2.64 bits per heavy atom. The first-order valence-corrected chi connectivity index (χ1v) is 5.58. The second-order valence-electron chi connectivity index (χ2n) is 4.14. The first-order valence-electron chi connectivity index (χ1n) is 5.58. The van der Waals surface area contributed by atoms with Gasteiger partial charge in [0, 0.05) is 26.8 Å². The molecule has 0 aliphatic heterocycles. The Labute approximate surface area is 88.6 Å². The Balaban J connectivity index is 3.35. The average molecular weight is 202 g/mol. The number of nitrogens with zero attached hydrogens (tertiary/aromatic N) is 1. The fourth-order valence-corrected chi connectivity index (χ4v) is 1.66. The molecule has 0 rings (SSSR count). The predicted molar refractivity (Wildman–Crippen MR) is 61.4 cm³/mol. The summed E-state index contributed by atoms with van der Waals surface area (Å²) >= 11 is 0. The van der Waals surface area contributed by atoms with Crippen LogP contribution >= 0.6 is 0 Å². The molecule has 0 bridgehead atoms. The van der Waals surface area contributed by atoms with Gasteiger partial charge < -0.3 is 15.4 Å². The van der Waals surface area contributed by atoms with Crippen LogP contribution < -0.4 is 5.73 Å². The van der Waals surface area contributed by atoms with Crippen molar-refractivity contribution in [2.24, 2.45) is 11.7 Å². The van der Waals surface area contributed by atoms with Crippen molar-refractivity contribution in [3.8, 4) is 0 Å². The molecule has 86 valence electrons. The first-order chi connectivity index (χ1) is 6.70. The van der Waals surface area contributed by atoms with Crippen molar-refractivity contribution in [3.05, 3.63) is 0 Å². The molecular formula is C11H26N2O. The Morgan fingerprint density at radius 2 is 2.07 bits per heavy atom. The van der Waals surface area contributed by atoms with E-state index >= 15 is 0 Å². The molecule has 1 atom stereocenters. The molecule has 0 radical (unpaired) electrons. The second kappa shape index (κ2) is 9.44. The second-order valence-corrected chi connectivity index (χ2v) is 4.14. The van der Waals surface area contributed by atoms with E-state index in [9.17, 15) is 0 Å². The average Bonchev–Trinajstić information content (AvgIpc) is 2.15. The van der Waals surface area contributed by atoms with E-state index in [1.165, 1.54) is 13.0 Å². The zero-order valence-corrected chi connectivity index (χ0v) is 9.96. The van der Waals surface area contributed by atoms with Crippen LogP contribution in [0.3, 0.4) is 0 Å². The van der Waals surface area contributed by atoms with Gasteiger partial charge in [-0.2, -0.15) is 0 Å². The number of hydrogen-bond acceptors (Lipinski definition) is 3. The summed E-state index contributed by atoms with van der Waals surface area (Å²) in [6.45, 7) is 6.27. The standard InChI is InChI=1S/C11H26N2O/c1-11(6-4-7-12)10-13(2)8-5-9-14-3/h11H,4-10,12H2,1-3H3. The van der Waals surface area contributed by atoms with Gasteiger partial charge in [-0.25, -0.2) is 0 Å². The van der Waals surface area contributed by atoms with Crippen LogP contribution in [0.15, 0.2) is 0 Å². The Kier molecular flexibility index (Phi) is 9.35. The summed E-state index contributed by atoms with van der Waals surface area (Å²) in [6, 6.07) is 0. The molecule has 0 saturated heterocycles. The van der Waals surface area contributed by atoms with Gasteiger partial charge in [0.1, 0.15) is 0 Å². The molecule has 0 amide bonds. The lowest BCUT2D eigenvalue weighted by atomic mass is 10.1. The summed E-state index contributed by atoms with van der Waals surface area (Å²) in [5, 5.41) is 0. The minimum Gasteiger partial charge on any atom is -0.385 e. The maximum absolute atomic E-state index is 5.48. The summed E-state index contributed by atoms with van der Waals surface area (Å²) in [5.74, 6) is 0.756. The number of ether oxygens (including phenoxy) is 1. The monoisotopic (exact) mass is 202 g/mol. The lowest BCUT2D eigenvalue weighted by Gasteiger charge is -2.20. The molecule has 2 N–H and O–H groups in total. The SMILES string of the molecule is COCCCN(C)CC(C)CCCN. The van der Waals surface area contributed by atoms with Crippen molar-refractivity contribution in [3.63, 3.8) is 0 Å². The smallest absolute Gasteiger partial charge is 0.0474 e. The zero-order valence-electron chi connectivity index (χ0n) is 9.96. The molecule has 0 fully saturated rings. The molecule has 3 heteroatoms. The van der Waals surface area contributed by atoms with Gasteiger partial charge in [0.15, 0.2) is 0 Å². The number of rotatable bonds is 9. The van der Waals surface area contributed by atoms with Crippen LogP contribution in [0, 0.1) is 5.92 Å². The van der Waals surface area contributed by atoms with E-state index in [4.69, 9.17) is 10.5 Å². The summed E-state index contributed by atoms with van der Waals surface area (Å²) in [5.41, 5.74) is 5.48. The van der Waals surface area contributed by atoms with Gasteiger partial charge in [-0.05, 0) is 38.8 Å². The summed E-state index contributed by atoms with van der Waals surface area (Å²) in [7, 11) is 3.93. The first kappa shape index (κ1) is 13.9. The van der Waals surface area contributed by atoms with Gasteiger partial charge in [-0.15, -0.1) is 0 Å². The highest BCUT2D eigenvalue weighted by Gasteiger charge is 2.05. The van der Waals surface area contributed by atoms with Crippen molar-refractivity contribution in [1.29, 1.82) is 0 Å². The highest BCUT2D eigenvalue weighted by Crippen LogP contribution is 2.06. The topological polar surface area (TPSA) is 38.5 Å². The third-order valence-corrected chi connectivity index (χ3v) is 2.41. The van der Waals surface area contributed by atoms with E-state index in [0.29, 0.717) is 0 Å². The van der Waals surface area contributed by atoms with Gasteiger partial charge in [-0.3, -0.25) is 0 Å². The van der Waals surface area contributed by atoms with E-state index in [-0.39, 0.29) is 0 Å². The van der Waals surface area contributed by atoms with Crippen molar-refractivity contribution < 1.29 is 4.74 Å². The van der Waals surface area contributed by atoms with Gasteiger partial charge in [0.2, 0.25) is 0 Å². The molecule has 0 spiro atoms. The van der Waals surface area contributed by atoms with Gasteiger partial charge in [0.25, 0.3) is 0 Å². The van der Waals surface area contributed by atoms with Crippen LogP contribution in [-0.4, -0.2) is 45.3 Å². The highest BCUT2D eigenvalue weighted by atomic mass is 16.5. The van der Waals surface area contributed by atoms with E-state index in [1.54, 1.807) is 7.11 Å². The summed E-state index contributed by atoms with van der Waals surface area (Å²) in [4.78, 5) is 2.38. The van der Waals surface area contributed by atoms with E-state index < -0.39 is 0 Å². The van der Waals surface area contributed by atoms with Crippen molar-refractivity contribution in [2.45, 2.75) is 26.2 Å². The Hall–Kier alpha value is -0.120. The van der Waals surface area contributed by atoms with Gasteiger partial charge in [0.05, 0.1) is 0 Å². The van der Waals surface area contributed by atoms with Gasteiger partial charge >= 0.3 is 0 Å². The lowest BCUT2D eigenvalue weighted by Crippen LogP contribution is -2.26. The molecule has 1 unspecified atom stereocenters. The molecule has 3 nitrogen and oxygen atoms in total. The van der Waals surface area contributed by atoms with Crippen LogP contribution in [-0.2, 0) is 4.74 Å². The minimum atomic E-state index is 0.756. The summed E-state index contributed by atoms with van der Waals surface area (Å²) < 4.78 is 5.02. The van der Waals surface area contributed by atoms with Gasteiger partial charge in [-0.1, -0.05) is 6.92 Å². The number of hydrogen-bond donors (Lipinski definition) is 1. The Morgan fingerprint density at radius 1 is 1.36 bits per heavy atom. The Bertz CT molecular complexity index is 120. The van der Waals surface area contributed by atoms with E-state index in [1.807, 2.05) is 0 Å². The van der Waals surface area contributed by atoms with Crippen LogP contribution in [0.5, 0.6) is 0 Å². The van der Waals surface area contributed by atoms with E-state index in [0.717, 1.165) is 38.5 Å². The fraction of sp³-hybridized carbons (Fsp3) is 1.00. The van der Waals surface area contributed by atoms with Crippen molar-refractivity contribution in [1.82, 2.24) is 4.90 Å². The van der Waals surface area contributed by atoms with Crippen LogP contribution in [0.2, 0.25) is 0 Å². The largest absolute Gasteiger partial charge is 0.385 e. The van der Waals surface area contributed by atoms with Crippen LogP contribution in [0.4, 0.5) is 0 Å². The normalized spacial score (nSPS) is 13.5. The molecule has 0 aliphatic rings. The molecule has 14 heavy (non-hydrogen) atoms. The zero-order chi connectivity index (χ0) is 10.8. The minimum absolute atomic E-state index is 0.756. The highest BCUT2D eigenvalue weighted by molar-refractivity contribution is 4.59. The third kappa shape index (κ3) is 8.48. The fourth-order valence-electron chi connectivity index (χ4n) is 1.66. The molecular weight excluding hydrogens is 176 g/mol. The quantitative estimate of drug-likeness (QED) is 0.573. The molecule has 0 aliphatic carbocycles. The lowest BCUT2D eigenvalue weighted by molar-refractivity contribution is 0.174. The number of nitrogens with two attached hydrogens (primary N) is 1. The number of methoxy groups -OCH3 is 1.